The highest BCUT2D eigenvalue weighted by Gasteiger charge is 2.09. The summed E-state index contributed by atoms with van der Waals surface area (Å²) in [5.41, 5.74) is 0. The van der Waals surface area contributed by atoms with Crippen LogP contribution in [0.2, 0.25) is 0 Å². The van der Waals surface area contributed by atoms with E-state index in [1.165, 1.54) is 0 Å². The lowest BCUT2D eigenvalue weighted by Gasteiger charge is -2.23. The second-order valence-corrected chi connectivity index (χ2v) is 4.52. The van der Waals surface area contributed by atoms with Crippen molar-refractivity contribution in [3.63, 3.8) is 0 Å². The molecule has 98 valence electrons. The maximum absolute atomic E-state index is 9.19. The minimum Gasteiger partial charge on any atom is -0.395 e. The third-order valence-corrected chi connectivity index (χ3v) is 2.36. The fourth-order valence-corrected chi connectivity index (χ4v) is 1.45. The molecule has 0 aliphatic carbocycles. The number of rotatable bonds is 10. The van der Waals surface area contributed by atoms with Gasteiger partial charge in [0.05, 0.1) is 19.3 Å². The first-order valence-electron chi connectivity index (χ1n) is 6.24. The third kappa shape index (κ3) is 9.09. The Labute approximate surface area is 100.0 Å². The highest BCUT2D eigenvalue weighted by molar-refractivity contribution is 4.69. The molecule has 0 aromatic carbocycles. The molecule has 16 heavy (non-hydrogen) atoms. The Morgan fingerprint density at radius 1 is 1.38 bits per heavy atom. The van der Waals surface area contributed by atoms with Crippen LogP contribution in [0.25, 0.3) is 0 Å². The molecule has 0 aliphatic heterocycles. The summed E-state index contributed by atoms with van der Waals surface area (Å²) in [5.74, 6) is 0. The van der Waals surface area contributed by atoms with E-state index in [2.05, 4.69) is 24.2 Å². The first-order chi connectivity index (χ1) is 7.60. The van der Waals surface area contributed by atoms with E-state index in [0.717, 1.165) is 32.7 Å². The highest BCUT2D eigenvalue weighted by Crippen LogP contribution is 1.92. The zero-order chi connectivity index (χ0) is 12.4. The highest BCUT2D eigenvalue weighted by atomic mass is 16.5. The molecular formula is C12H28N2O2. The van der Waals surface area contributed by atoms with Crippen molar-refractivity contribution < 1.29 is 9.84 Å². The van der Waals surface area contributed by atoms with Gasteiger partial charge in [-0.05, 0) is 33.9 Å². The lowest BCUT2D eigenvalue weighted by molar-refractivity contribution is 0.0605. The monoisotopic (exact) mass is 232 g/mol. The van der Waals surface area contributed by atoms with E-state index in [4.69, 9.17) is 4.74 Å². The molecule has 0 amide bonds. The standard InChI is InChI=1S/C12H28N2O2/c1-5-6-13-12(10-15)9-14(4)7-8-16-11(2)3/h11-13,15H,5-10H2,1-4H3. The quantitative estimate of drug-likeness (QED) is 0.582. The van der Waals surface area contributed by atoms with Crippen LogP contribution in [0.4, 0.5) is 0 Å². The van der Waals surface area contributed by atoms with Gasteiger partial charge >= 0.3 is 0 Å². The molecule has 0 aromatic heterocycles. The van der Waals surface area contributed by atoms with E-state index in [0.29, 0.717) is 6.10 Å². The van der Waals surface area contributed by atoms with Gasteiger partial charge in [0.15, 0.2) is 0 Å². The van der Waals surface area contributed by atoms with Crippen molar-refractivity contribution in [2.75, 3.05) is 39.9 Å². The molecule has 0 saturated heterocycles. The maximum atomic E-state index is 9.19. The second-order valence-electron chi connectivity index (χ2n) is 4.52. The summed E-state index contributed by atoms with van der Waals surface area (Å²) in [7, 11) is 2.06. The van der Waals surface area contributed by atoms with Gasteiger partial charge in [0.2, 0.25) is 0 Å². The SMILES string of the molecule is CCCNC(CO)CN(C)CCOC(C)C. The molecule has 0 rings (SSSR count). The fraction of sp³-hybridized carbons (Fsp3) is 1.00. The smallest absolute Gasteiger partial charge is 0.0597 e. The van der Waals surface area contributed by atoms with Gasteiger partial charge in [0.1, 0.15) is 0 Å². The van der Waals surface area contributed by atoms with E-state index in [1.807, 2.05) is 13.8 Å². The van der Waals surface area contributed by atoms with Gasteiger partial charge in [0, 0.05) is 19.1 Å². The number of aliphatic hydroxyl groups excluding tert-OH is 1. The second kappa shape index (κ2) is 10.0. The number of hydrogen-bond acceptors (Lipinski definition) is 4. The van der Waals surface area contributed by atoms with Crippen LogP contribution < -0.4 is 5.32 Å². The summed E-state index contributed by atoms with van der Waals surface area (Å²) in [6.07, 6.45) is 1.39. The molecule has 0 aliphatic rings. The van der Waals surface area contributed by atoms with Gasteiger partial charge in [-0.3, -0.25) is 0 Å². The molecule has 4 nitrogen and oxygen atoms in total. The summed E-state index contributed by atoms with van der Waals surface area (Å²) >= 11 is 0. The summed E-state index contributed by atoms with van der Waals surface area (Å²) < 4.78 is 5.48. The average Bonchev–Trinajstić information content (AvgIpc) is 2.23. The van der Waals surface area contributed by atoms with Crippen LogP contribution in [0, 0.1) is 0 Å². The third-order valence-electron chi connectivity index (χ3n) is 2.36. The Kier molecular flexibility index (Phi) is 9.92. The van der Waals surface area contributed by atoms with Crippen LogP contribution in [0.5, 0.6) is 0 Å². The predicted octanol–water partition coefficient (Wildman–Crippen LogP) is 0.704. The molecule has 0 radical (unpaired) electrons. The van der Waals surface area contributed by atoms with Crippen LogP contribution >= 0.6 is 0 Å². The van der Waals surface area contributed by atoms with Gasteiger partial charge in [-0.1, -0.05) is 6.92 Å². The van der Waals surface area contributed by atoms with Crippen LogP contribution in [-0.4, -0.2) is 62.0 Å². The van der Waals surface area contributed by atoms with E-state index in [-0.39, 0.29) is 12.6 Å². The van der Waals surface area contributed by atoms with Crippen molar-refractivity contribution in [2.45, 2.75) is 39.3 Å². The van der Waals surface area contributed by atoms with E-state index >= 15 is 0 Å². The van der Waals surface area contributed by atoms with Crippen molar-refractivity contribution in [1.29, 1.82) is 0 Å². The zero-order valence-corrected chi connectivity index (χ0v) is 11.2. The van der Waals surface area contributed by atoms with Crippen molar-refractivity contribution >= 4 is 0 Å². The molecule has 2 N–H and O–H groups in total. The lowest BCUT2D eigenvalue weighted by Crippen LogP contribution is -2.43. The summed E-state index contributed by atoms with van der Waals surface area (Å²) in [6.45, 7) is 9.87. The van der Waals surface area contributed by atoms with Crippen LogP contribution in [0.3, 0.4) is 0 Å². The minimum absolute atomic E-state index is 0.170. The Bertz CT molecular complexity index is 154. The average molecular weight is 232 g/mol. The Balaban J connectivity index is 3.60. The van der Waals surface area contributed by atoms with Gasteiger partial charge in [-0.15, -0.1) is 0 Å². The van der Waals surface area contributed by atoms with E-state index in [1.54, 1.807) is 0 Å². The molecule has 0 fully saturated rings. The van der Waals surface area contributed by atoms with E-state index < -0.39 is 0 Å². The summed E-state index contributed by atoms with van der Waals surface area (Å²) in [6, 6.07) is 0.170. The topological polar surface area (TPSA) is 44.7 Å². The number of likely N-dealkylation sites (N-methyl/N-ethyl adjacent to an activating group) is 1. The molecule has 0 aromatic rings. The van der Waals surface area contributed by atoms with Gasteiger partial charge in [-0.2, -0.15) is 0 Å². The Morgan fingerprint density at radius 2 is 2.06 bits per heavy atom. The largest absolute Gasteiger partial charge is 0.395 e. The molecule has 4 heteroatoms. The minimum atomic E-state index is 0.170. The Morgan fingerprint density at radius 3 is 2.56 bits per heavy atom. The first kappa shape index (κ1) is 15.8. The first-order valence-corrected chi connectivity index (χ1v) is 6.24. The number of ether oxygens (including phenoxy) is 1. The maximum Gasteiger partial charge on any atom is 0.0597 e. The van der Waals surface area contributed by atoms with Crippen LogP contribution in [0.1, 0.15) is 27.2 Å². The molecule has 1 atom stereocenters. The van der Waals surface area contributed by atoms with E-state index in [9.17, 15) is 5.11 Å². The molecular weight excluding hydrogens is 204 g/mol. The normalized spacial score (nSPS) is 13.7. The van der Waals surface area contributed by atoms with Gasteiger partial charge < -0.3 is 20.1 Å². The van der Waals surface area contributed by atoms with Crippen LogP contribution in [0.15, 0.2) is 0 Å². The number of nitrogens with one attached hydrogen (secondary N) is 1. The van der Waals surface area contributed by atoms with Gasteiger partial charge in [0.25, 0.3) is 0 Å². The summed E-state index contributed by atoms with van der Waals surface area (Å²) in [5, 5.41) is 12.5. The van der Waals surface area contributed by atoms with Gasteiger partial charge in [-0.25, -0.2) is 0 Å². The number of hydrogen-bond donors (Lipinski definition) is 2. The van der Waals surface area contributed by atoms with Crippen LogP contribution in [-0.2, 0) is 4.74 Å². The molecule has 0 bridgehead atoms. The molecule has 1 unspecified atom stereocenters. The molecule has 0 saturated carbocycles. The van der Waals surface area contributed by atoms with Crippen molar-refractivity contribution in [3.8, 4) is 0 Å². The van der Waals surface area contributed by atoms with Crippen molar-refractivity contribution in [3.05, 3.63) is 0 Å². The summed E-state index contributed by atoms with van der Waals surface area (Å²) in [4.78, 5) is 2.19. The molecule has 0 heterocycles. The Hall–Kier alpha value is -0.160. The van der Waals surface area contributed by atoms with Crippen molar-refractivity contribution in [1.82, 2.24) is 10.2 Å². The molecule has 0 spiro atoms. The lowest BCUT2D eigenvalue weighted by atomic mass is 10.3. The number of aliphatic hydroxyl groups is 1. The fourth-order valence-electron chi connectivity index (χ4n) is 1.45. The van der Waals surface area contributed by atoms with Crippen molar-refractivity contribution in [2.24, 2.45) is 0 Å². The predicted molar refractivity (Wildman–Crippen MR) is 67.8 cm³/mol. The zero-order valence-electron chi connectivity index (χ0n) is 11.2. The number of nitrogens with zero attached hydrogens (tertiary/aromatic N) is 1.